The second-order valence-corrected chi connectivity index (χ2v) is 8.10. The summed E-state index contributed by atoms with van der Waals surface area (Å²) in [5.74, 6) is -0.257. The lowest BCUT2D eigenvalue weighted by Crippen LogP contribution is -2.43. The molecule has 0 aliphatic heterocycles. The van der Waals surface area contributed by atoms with Gasteiger partial charge in [0.05, 0.1) is 4.99 Å². The second-order valence-electron chi connectivity index (χ2n) is 4.49. The lowest BCUT2D eigenvalue weighted by Gasteiger charge is -2.35. The Morgan fingerprint density at radius 2 is 2.00 bits per heavy atom. The largest absolute Gasteiger partial charge is 0.392 e. The van der Waals surface area contributed by atoms with Crippen LogP contribution in [0.25, 0.3) is 0 Å². The summed E-state index contributed by atoms with van der Waals surface area (Å²) in [5, 5.41) is 0. The van der Waals surface area contributed by atoms with Crippen molar-refractivity contribution >= 4 is 39.0 Å². The molecule has 1 saturated carbocycles. The third-order valence-electron chi connectivity index (χ3n) is 3.14. The Hall–Kier alpha value is 0.150. The minimum Gasteiger partial charge on any atom is -0.392 e. The number of rotatable bonds is 6. The van der Waals surface area contributed by atoms with Gasteiger partial charge in [-0.2, -0.15) is 11.8 Å². The minimum atomic E-state index is -3.36. The molecule has 0 heterocycles. The number of hydrogen-bond acceptors (Lipinski definition) is 4. The first-order chi connectivity index (χ1) is 7.89. The highest BCUT2D eigenvalue weighted by atomic mass is 32.2. The molecule has 0 radical (unpaired) electrons. The van der Waals surface area contributed by atoms with Crippen LogP contribution in [0.4, 0.5) is 0 Å². The van der Waals surface area contributed by atoms with Crippen LogP contribution in [0, 0.1) is 0 Å². The van der Waals surface area contributed by atoms with Gasteiger partial charge in [-0.25, -0.2) is 13.1 Å². The number of nitrogens with two attached hydrogens (primary N) is 1. The summed E-state index contributed by atoms with van der Waals surface area (Å²) in [6.45, 7) is 0.485. The monoisotopic (exact) mass is 296 g/mol. The molecule has 7 heteroatoms. The van der Waals surface area contributed by atoms with Crippen molar-refractivity contribution in [3.8, 4) is 0 Å². The van der Waals surface area contributed by atoms with Gasteiger partial charge in [0, 0.05) is 11.3 Å². The van der Waals surface area contributed by atoms with Crippen molar-refractivity contribution in [2.24, 2.45) is 5.73 Å². The third kappa shape index (κ3) is 5.11. The van der Waals surface area contributed by atoms with Gasteiger partial charge >= 0.3 is 0 Å². The average Bonchev–Trinajstić information content (AvgIpc) is 2.26. The first-order valence-corrected chi connectivity index (χ1v) is 8.98. The van der Waals surface area contributed by atoms with Crippen LogP contribution >= 0.6 is 24.0 Å². The van der Waals surface area contributed by atoms with E-state index in [4.69, 9.17) is 5.73 Å². The SMILES string of the molecule is CSC1(CNS(=O)(=O)CC(N)=S)CCCCC1. The number of sulfonamides is 1. The second kappa shape index (κ2) is 6.36. The molecule has 0 unspecified atom stereocenters. The van der Waals surface area contributed by atoms with Crippen LogP contribution in [0.5, 0.6) is 0 Å². The molecule has 100 valence electrons. The van der Waals surface area contributed by atoms with E-state index in [0.29, 0.717) is 6.54 Å². The first-order valence-electron chi connectivity index (χ1n) is 5.70. The van der Waals surface area contributed by atoms with Crippen molar-refractivity contribution in [2.45, 2.75) is 36.9 Å². The Kier molecular flexibility index (Phi) is 5.69. The van der Waals surface area contributed by atoms with E-state index in [0.717, 1.165) is 12.8 Å². The normalized spacial score (nSPS) is 20.1. The molecule has 1 rings (SSSR count). The van der Waals surface area contributed by atoms with Gasteiger partial charge < -0.3 is 5.73 Å². The number of hydrogen-bond donors (Lipinski definition) is 2. The summed E-state index contributed by atoms with van der Waals surface area (Å²) in [4.78, 5) is 0.0133. The Bertz CT molecular complexity index is 362. The fraction of sp³-hybridized carbons (Fsp3) is 0.900. The highest BCUT2D eigenvalue weighted by molar-refractivity contribution is 8.00. The molecule has 0 bridgehead atoms. The molecule has 0 spiro atoms. The number of nitrogens with one attached hydrogen (secondary N) is 1. The third-order valence-corrected chi connectivity index (χ3v) is 6.17. The van der Waals surface area contributed by atoms with Crippen molar-refractivity contribution < 1.29 is 8.42 Å². The summed E-state index contributed by atoms with van der Waals surface area (Å²) >= 11 is 6.39. The Morgan fingerprint density at radius 1 is 1.41 bits per heavy atom. The van der Waals surface area contributed by atoms with Crippen molar-refractivity contribution in [3.05, 3.63) is 0 Å². The van der Waals surface area contributed by atoms with Gasteiger partial charge in [-0.3, -0.25) is 0 Å². The van der Waals surface area contributed by atoms with Crippen molar-refractivity contribution in [3.63, 3.8) is 0 Å². The molecule has 1 fully saturated rings. The van der Waals surface area contributed by atoms with Crippen LogP contribution in [0.15, 0.2) is 0 Å². The van der Waals surface area contributed by atoms with E-state index in [2.05, 4.69) is 16.9 Å². The van der Waals surface area contributed by atoms with Gasteiger partial charge in [0.15, 0.2) is 0 Å². The predicted molar refractivity (Wildman–Crippen MR) is 77.9 cm³/mol. The van der Waals surface area contributed by atoms with Crippen LogP contribution in [-0.4, -0.2) is 36.7 Å². The zero-order valence-electron chi connectivity index (χ0n) is 10.1. The van der Waals surface area contributed by atoms with Gasteiger partial charge in [-0.05, 0) is 19.1 Å². The molecule has 0 amide bonds. The van der Waals surface area contributed by atoms with E-state index >= 15 is 0 Å². The zero-order valence-corrected chi connectivity index (χ0v) is 12.5. The number of thiocarbonyl (C=S) groups is 1. The molecule has 0 aromatic carbocycles. The van der Waals surface area contributed by atoms with Crippen molar-refractivity contribution in [2.75, 3.05) is 18.6 Å². The topological polar surface area (TPSA) is 72.2 Å². The molecule has 0 aromatic heterocycles. The molecule has 4 nitrogen and oxygen atoms in total. The maximum Gasteiger partial charge on any atom is 0.218 e. The fourth-order valence-electron chi connectivity index (χ4n) is 2.13. The maximum absolute atomic E-state index is 11.7. The summed E-state index contributed by atoms with van der Waals surface area (Å²) in [6.07, 6.45) is 7.80. The van der Waals surface area contributed by atoms with Gasteiger partial charge in [0.2, 0.25) is 10.0 Å². The fourth-order valence-corrected chi connectivity index (χ4v) is 4.57. The lowest BCUT2D eigenvalue weighted by atomic mass is 9.88. The first kappa shape index (κ1) is 15.2. The van der Waals surface area contributed by atoms with E-state index in [9.17, 15) is 8.42 Å². The standard InChI is InChI=1S/C10H20N2O2S3/c1-16-10(5-3-2-4-6-10)8-12-17(13,14)7-9(11)15/h12H,2-8H2,1H3,(H2,11,15). The van der Waals surface area contributed by atoms with Gasteiger partial charge in [0.1, 0.15) is 5.75 Å². The van der Waals surface area contributed by atoms with E-state index in [1.165, 1.54) is 19.3 Å². The number of thioether (sulfide) groups is 1. The van der Waals surface area contributed by atoms with E-state index in [-0.39, 0.29) is 15.5 Å². The highest BCUT2D eigenvalue weighted by Crippen LogP contribution is 2.38. The lowest BCUT2D eigenvalue weighted by molar-refractivity contribution is 0.395. The highest BCUT2D eigenvalue weighted by Gasteiger charge is 2.32. The average molecular weight is 296 g/mol. The van der Waals surface area contributed by atoms with Gasteiger partial charge in [-0.15, -0.1) is 0 Å². The van der Waals surface area contributed by atoms with Crippen LogP contribution in [0.1, 0.15) is 32.1 Å². The Morgan fingerprint density at radius 3 is 2.47 bits per heavy atom. The van der Waals surface area contributed by atoms with E-state index < -0.39 is 10.0 Å². The summed E-state index contributed by atoms with van der Waals surface area (Å²) in [6, 6.07) is 0. The summed E-state index contributed by atoms with van der Waals surface area (Å²) in [7, 11) is -3.36. The Labute approximate surface area is 113 Å². The summed E-state index contributed by atoms with van der Waals surface area (Å²) in [5.41, 5.74) is 5.26. The van der Waals surface area contributed by atoms with E-state index in [1.807, 2.05) is 6.26 Å². The smallest absolute Gasteiger partial charge is 0.218 e. The summed E-state index contributed by atoms with van der Waals surface area (Å²) < 4.78 is 26.0. The molecule has 1 aliphatic rings. The molecule has 1 aliphatic carbocycles. The maximum atomic E-state index is 11.7. The minimum absolute atomic E-state index is 0.0133. The molecule has 0 atom stereocenters. The Balaban J connectivity index is 2.55. The molecular weight excluding hydrogens is 276 g/mol. The van der Waals surface area contributed by atoms with Gasteiger partial charge in [0.25, 0.3) is 0 Å². The molecule has 3 N–H and O–H groups in total. The van der Waals surface area contributed by atoms with Crippen LogP contribution < -0.4 is 10.5 Å². The quantitative estimate of drug-likeness (QED) is 0.722. The van der Waals surface area contributed by atoms with Gasteiger partial charge in [-0.1, -0.05) is 31.5 Å². The molecule has 0 aromatic rings. The molecule has 17 heavy (non-hydrogen) atoms. The molecule has 0 saturated heterocycles. The van der Waals surface area contributed by atoms with Crippen LogP contribution in [-0.2, 0) is 10.0 Å². The van der Waals surface area contributed by atoms with Crippen molar-refractivity contribution in [1.29, 1.82) is 0 Å². The van der Waals surface area contributed by atoms with Crippen LogP contribution in [0.2, 0.25) is 0 Å². The van der Waals surface area contributed by atoms with Crippen LogP contribution in [0.3, 0.4) is 0 Å². The zero-order chi connectivity index (χ0) is 12.9. The predicted octanol–water partition coefficient (Wildman–Crippen LogP) is 1.26. The van der Waals surface area contributed by atoms with Crippen molar-refractivity contribution in [1.82, 2.24) is 4.72 Å². The molecular formula is C10H20N2O2S3. The van der Waals surface area contributed by atoms with E-state index in [1.54, 1.807) is 11.8 Å².